The number of benzene rings is 1. The van der Waals surface area contributed by atoms with Gasteiger partial charge in [0, 0.05) is 5.56 Å². The highest BCUT2D eigenvalue weighted by Gasteiger charge is 2.20. The molecule has 1 aromatic heterocycles. The smallest absolute Gasteiger partial charge is 0.146 e. The van der Waals surface area contributed by atoms with E-state index in [9.17, 15) is 0 Å². The topological polar surface area (TPSA) is 57.6 Å². The zero-order valence-electron chi connectivity index (χ0n) is 13.1. The van der Waals surface area contributed by atoms with E-state index in [0.717, 1.165) is 28.6 Å². The summed E-state index contributed by atoms with van der Waals surface area (Å²) in [5.74, 6) is 3.20. The van der Waals surface area contributed by atoms with E-state index < -0.39 is 0 Å². The fourth-order valence-electron chi connectivity index (χ4n) is 2.11. The lowest BCUT2D eigenvalue weighted by Gasteiger charge is -2.23. The molecular formula is C17H23NO3. The lowest BCUT2D eigenvalue weighted by atomic mass is 9.86. The molecule has 0 saturated heterocycles. The Hall–Kier alpha value is -1.94. The van der Waals surface area contributed by atoms with Gasteiger partial charge in [0.05, 0.1) is 13.7 Å². The number of hydrogen-bond acceptors (Lipinski definition) is 4. The van der Waals surface area contributed by atoms with Crippen molar-refractivity contribution in [2.24, 2.45) is 5.73 Å². The molecule has 0 aliphatic carbocycles. The maximum absolute atomic E-state index is 5.92. The van der Waals surface area contributed by atoms with E-state index >= 15 is 0 Å². The van der Waals surface area contributed by atoms with E-state index in [1.165, 1.54) is 0 Å². The van der Waals surface area contributed by atoms with Gasteiger partial charge in [0.1, 0.15) is 29.6 Å². The van der Waals surface area contributed by atoms with Crippen LogP contribution in [0, 0.1) is 0 Å². The highest BCUT2D eigenvalue weighted by molar-refractivity contribution is 5.44. The normalized spacial score (nSPS) is 11.5. The second kappa shape index (κ2) is 6.22. The van der Waals surface area contributed by atoms with E-state index in [2.05, 4.69) is 20.8 Å². The Morgan fingerprint density at radius 2 is 1.81 bits per heavy atom. The molecule has 2 N–H and O–H groups in total. The van der Waals surface area contributed by atoms with Gasteiger partial charge in [-0.25, -0.2) is 0 Å². The molecule has 0 bridgehead atoms. The fraction of sp³-hybridized carbons (Fsp3) is 0.412. The predicted molar refractivity (Wildman–Crippen MR) is 82.6 cm³/mol. The molecule has 0 spiro atoms. The first-order valence-corrected chi connectivity index (χ1v) is 7.03. The quantitative estimate of drug-likeness (QED) is 0.913. The van der Waals surface area contributed by atoms with Gasteiger partial charge < -0.3 is 19.6 Å². The molecule has 0 saturated carbocycles. The largest absolute Gasteiger partial charge is 0.497 e. The van der Waals surface area contributed by atoms with Crippen molar-refractivity contribution in [1.29, 1.82) is 0 Å². The minimum absolute atomic E-state index is 0.0323. The molecule has 2 rings (SSSR count). The van der Waals surface area contributed by atoms with Gasteiger partial charge in [-0.05, 0) is 35.7 Å². The molecule has 0 aliphatic heterocycles. The number of furan rings is 1. The monoisotopic (exact) mass is 289 g/mol. The van der Waals surface area contributed by atoms with Crippen LogP contribution < -0.4 is 15.2 Å². The van der Waals surface area contributed by atoms with Gasteiger partial charge in [-0.15, -0.1) is 0 Å². The van der Waals surface area contributed by atoms with E-state index in [0.29, 0.717) is 13.2 Å². The van der Waals surface area contributed by atoms with Crippen LogP contribution in [0.1, 0.15) is 37.9 Å². The Balaban J connectivity index is 2.19. The van der Waals surface area contributed by atoms with Crippen LogP contribution in [-0.2, 0) is 18.6 Å². The van der Waals surface area contributed by atoms with Crippen LogP contribution >= 0.6 is 0 Å². The first kappa shape index (κ1) is 15.4. The number of rotatable bonds is 5. The van der Waals surface area contributed by atoms with Crippen molar-refractivity contribution in [2.45, 2.75) is 39.3 Å². The fourth-order valence-corrected chi connectivity index (χ4v) is 2.11. The van der Waals surface area contributed by atoms with Crippen LogP contribution in [-0.4, -0.2) is 7.11 Å². The van der Waals surface area contributed by atoms with Gasteiger partial charge >= 0.3 is 0 Å². The SMILES string of the molecule is COc1ccc(OCc2ccc(CN)o2)c(C(C)(C)C)c1. The molecule has 2 aromatic rings. The molecule has 0 atom stereocenters. The van der Waals surface area contributed by atoms with Crippen LogP contribution in [0.15, 0.2) is 34.7 Å². The van der Waals surface area contributed by atoms with Crippen LogP contribution in [0.3, 0.4) is 0 Å². The number of nitrogens with two attached hydrogens (primary N) is 1. The van der Waals surface area contributed by atoms with Crippen LogP contribution in [0.5, 0.6) is 11.5 Å². The van der Waals surface area contributed by atoms with E-state index in [-0.39, 0.29) is 5.41 Å². The zero-order valence-corrected chi connectivity index (χ0v) is 13.1. The molecule has 4 heteroatoms. The van der Waals surface area contributed by atoms with E-state index in [1.54, 1.807) is 7.11 Å². The molecule has 0 amide bonds. The first-order chi connectivity index (χ1) is 9.94. The third-order valence-electron chi connectivity index (χ3n) is 3.28. The minimum Gasteiger partial charge on any atom is -0.497 e. The summed E-state index contributed by atoms with van der Waals surface area (Å²) < 4.78 is 16.8. The standard InChI is InChI=1S/C17H23NO3/c1-17(2,3)15-9-12(19-4)7-8-16(15)20-11-14-6-5-13(10-18)21-14/h5-9H,10-11,18H2,1-4H3. The number of hydrogen-bond donors (Lipinski definition) is 1. The summed E-state index contributed by atoms with van der Waals surface area (Å²) in [4.78, 5) is 0. The van der Waals surface area contributed by atoms with Gasteiger partial charge in [0.25, 0.3) is 0 Å². The molecule has 114 valence electrons. The molecule has 21 heavy (non-hydrogen) atoms. The summed E-state index contributed by atoms with van der Waals surface area (Å²) in [7, 11) is 1.67. The first-order valence-electron chi connectivity index (χ1n) is 7.03. The number of ether oxygens (including phenoxy) is 2. The van der Waals surface area contributed by atoms with Crippen molar-refractivity contribution in [1.82, 2.24) is 0 Å². The van der Waals surface area contributed by atoms with Crippen LogP contribution in [0.4, 0.5) is 0 Å². The molecular weight excluding hydrogens is 266 g/mol. The highest BCUT2D eigenvalue weighted by Crippen LogP contribution is 2.34. The van der Waals surface area contributed by atoms with Crippen molar-refractivity contribution in [2.75, 3.05) is 7.11 Å². The summed E-state index contributed by atoms with van der Waals surface area (Å²) in [6.45, 7) is 7.22. The summed E-state index contributed by atoms with van der Waals surface area (Å²) in [5, 5.41) is 0. The average molecular weight is 289 g/mol. The van der Waals surface area contributed by atoms with E-state index in [1.807, 2.05) is 30.3 Å². The molecule has 4 nitrogen and oxygen atoms in total. The van der Waals surface area contributed by atoms with Crippen molar-refractivity contribution in [3.8, 4) is 11.5 Å². The van der Waals surface area contributed by atoms with Crippen molar-refractivity contribution >= 4 is 0 Å². The van der Waals surface area contributed by atoms with Gasteiger partial charge in [0.2, 0.25) is 0 Å². The maximum Gasteiger partial charge on any atom is 0.146 e. The summed E-state index contributed by atoms with van der Waals surface area (Å²) in [6.07, 6.45) is 0. The predicted octanol–water partition coefficient (Wildman–Crippen LogP) is 3.62. The zero-order chi connectivity index (χ0) is 15.5. The Labute approximate surface area is 125 Å². The molecule has 1 heterocycles. The Kier molecular flexibility index (Phi) is 4.58. The molecule has 0 radical (unpaired) electrons. The third-order valence-corrected chi connectivity index (χ3v) is 3.28. The van der Waals surface area contributed by atoms with Gasteiger partial charge in [0.15, 0.2) is 0 Å². The molecule has 0 aliphatic rings. The lowest BCUT2D eigenvalue weighted by molar-refractivity contribution is 0.260. The molecule has 0 fully saturated rings. The lowest BCUT2D eigenvalue weighted by Crippen LogP contribution is -2.13. The minimum atomic E-state index is -0.0323. The second-order valence-electron chi connectivity index (χ2n) is 5.97. The average Bonchev–Trinajstić information content (AvgIpc) is 2.92. The second-order valence-corrected chi connectivity index (χ2v) is 5.97. The van der Waals surface area contributed by atoms with Gasteiger partial charge in [-0.3, -0.25) is 0 Å². The summed E-state index contributed by atoms with van der Waals surface area (Å²) in [5.41, 5.74) is 6.61. The Morgan fingerprint density at radius 3 is 2.38 bits per heavy atom. The van der Waals surface area contributed by atoms with Gasteiger partial charge in [-0.1, -0.05) is 20.8 Å². The van der Waals surface area contributed by atoms with Crippen LogP contribution in [0.25, 0.3) is 0 Å². The number of methoxy groups -OCH3 is 1. The molecule has 0 unspecified atom stereocenters. The summed E-state index contributed by atoms with van der Waals surface area (Å²) in [6, 6.07) is 9.62. The van der Waals surface area contributed by atoms with Crippen molar-refractivity contribution in [3.63, 3.8) is 0 Å². The Morgan fingerprint density at radius 1 is 1.10 bits per heavy atom. The molecule has 1 aromatic carbocycles. The Bertz CT molecular complexity index is 596. The summed E-state index contributed by atoms with van der Waals surface area (Å²) >= 11 is 0. The van der Waals surface area contributed by atoms with Crippen molar-refractivity contribution < 1.29 is 13.9 Å². The maximum atomic E-state index is 5.92. The van der Waals surface area contributed by atoms with Crippen molar-refractivity contribution in [3.05, 3.63) is 47.4 Å². The van der Waals surface area contributed by atoms with E-state index in [4.69, 9.17) is 19.6 Å². The highest BCUT2D eigenvalue weighted by atomic mass is 16.5. The van der Waals surface area contributed by atoms with Crippen LogP contribution in [0.2, 0.25) is 0 Å². The van der Waals surface area contributed by atoms with Gasteiger partial charge in [-0.2, -0.15) is 0 Å². The third kappa shape index (κ3) is 3.79.